The van der Waals surface area contributed by atoms with Crippen LogP contribution in [0.3, 0.4) is 0 Å². The zero-order valence-corrected chi connectivity index (χ0v) is 41.9. The molecule has 12 rings (SSSR count). The van der Waals surface area contributed by atoms with Gasteiger partial charge in [-0.1, -0.05) is 133 Å². The molecule has 0 N–H and O–H groups in total. The van der Waals surface area contributed by atoms with Gasteiger partial charge in [0.05, 0.1) is 62.4 Å². The summed E-state index contributed by atoms with van der Waals surface area (Å²) in [5.74, 6) is 3.17. The Morgan fingerprint density at radius 3 is 1.22 bits per heavy atom. The molecule has 74 heavy (non-hydrogen) atoms. The minimum atomic E-state index is -0.568. The number of benzene rings is 6. The number of Topliss-reactive ketones (excluding diaryl/α,β-unsaturated/α-hetero) is 1. The van der Waals surface area contributed by atoms with Crippen molar-refractivity contribution in [3.05, 3.63) is 238 Å². The van der Waals surface area contributed by atoms with Crippen LogP contribution in [0.25, 0.3) is 11.1 Å². The van der Waals surface area contributed by atoms with E-state index in [1.807, 2.05) is 72.8 Å². The lowest BCUT2D eigenvalue weighted by Crippen LogP contribution is -2.43. The zero-order chi connectivity index (χ0) is 50.3. The molecule has 0 bridgehead atoms. The average molecular weight is 977 g/mol. The Bertz CT molecular complexity index is 3260. The fourth-order valence-electron chi connectivity index (χ4n) is 11.6. The number of ether oxygens (including phenoxy) is 4. The topological polar surface area (TPSA) is 92.7 Å². The van der Waals surface area contributed by atoms with E-state index in [9.17, 15) is 0 Å². The summed E-state index contributed by atoms with van der Waals surface area (Å²) >= 11 is 0. The molecular formula is C63H56N6O5. The van der Waals surface area contributed by atoms with Crippen molar-refractivity contribution in [3.63, 3.8) is 0 Å². The quantitative estimate of drug-likeness (QED) is 0.117. The number of ketones is 1. The lowest BCUT2D eigenvalue weighted by Gasteiger charge is -2.47. The second kappa shape index (κ2) is 19.6. The monoisotopic (exact) mass is 976 g/mol. The number of fused-ring (bicyclic) bond motifs is 4. The maximum Gasteiger partial charge on any atom is 0.214 e. The summed E-state index contributed by atoms with van der Waals surface area (Å²) in [7, 11) is 6.65. The number of para-hydroxylation sites is 4. The first-order valence-electron chi connectivity index (χ1n) is 25.2. The summed E-state index contributed by atoms with van der Waals surface area (Å²) < 4.78 is 24.3. The highest BCUT2D eigenvalue weighted by Crippen LogP contribution is 2.57. The summed E-state index contributed by atoms with van der Waals surface area (Å²) in [6.07, 6.45) is 1.59. The lowest BCUT2D eigenvalue weighted by molar-refractivity contribution is -0.109. The maximum absolute atomic E-state index is 17.7. The van der Waals surface area contributed by atoms with Gasteiger partial charge in [-0.3, -0.25) is 4.79 Å². The number of allylic oxidation sites excluding steroid dienone is 2. The van der Waals surface area contributed by atoms with Gasteiger partial charge in [0.15, 0.2) is 5.78 Å². The molecule has 0 radical (unpaired) electrons. The number of anilines is 4. The summed E-state index contributed by atoms with van der Waals surface area (Å²) in [4.78, 5) is 37.7. The second-order valence-corrected chi connectivity index (χ2v) is 18.9. The Labute approximate surface area is 432 Å². The molecule has 2 unspecified atom stereocenters. The minimum Gasteiger partial charge on any atom is -0.495 e. The van der Waals surface area contributed by atoms with Crippen LogP contribution in [-0.2, 0) is 30.7 Å². The van der Waals surface area contributed by atoms with Gasteiger partial charge in [-0.25, -0.2) is 0 Å². The molecule has 0 saturated carbocycles. The van der Waals surface area contributed by atoms with E-state index in [1.54, 1.807) is 28.4 Å². The molecule has 6 heterocycles. The Balaban J connectivity index is 1.22. The first-order valence-corrected chi connectivity index (χ1v) is 25.2. The van der Waals surface area contributed by atoms with E-state index in [0.29, 0.717) is 83.3 Å². The van der Waals surface area contributed by atoms with Crippen LogP contribution in [0.5, 0.6) is 23.3 Å². The third kappa shape index (κ3) is 7.96. The molecule has 0 fully saturated rings. The van der Waals surface area contributed by atoms with Gasteiger partial charge in [0, 0.05) is 49.4 Å². The summed E-state index contributed by atoms with van der Waals surface area (Å²) in [5, 5.41) is 0. The van der Waals surface area contributed by atoms with Crippen molar-refractivity contribution in [2.24, 2.45) is 0 Å². The Hall–Kier alpha value is -8.83. The van der Waals surface area contributed by atoms with E-state index in [-0.39, 0.29) is 5.78 Å². The Kier molecular flexibility index (Phi) is 12.3. The first-order chi connectivity index (χ1) is 36.5. The van der Waals surface area contributed by atoms with Crippen molar-refractivity contribution >= 4 is 39.9 Å². The number of carbonyl (C=O) groups excluding carboxylic acids is 1. The van der Waals surface area contributed by atoms with Crippen LogP contribution >= 0.6 is 0 Å². The number of methoxy groups -OCH3 is 4. The van der Waals surface area contributed by atoms with E-state index < -0.39 is 12.1 Å². The molecule has 2 atom stereocenters. The van der Waals surface area contributed by atoms with Gasteiger partial charge in [-0.05, 0) is 82.6 Å². The number of aromatic nitrogens is 2. The second-order valence-electron chi connectivity index (χ2n) is 18.9. The van der Waals surface area contributed by atoms with Crippen LogP contribution in [0.15, 0.2) is 193 Å². The third-order valence-electron chi connectivity index (χ3n) is 15.0. The van der Waals surface area contributed by atoms with Crippen LogP contribution in [0.4, 0.5) is 23.0 Å². The molecule has 8 aromatic rings. The first kappa shape index (κ1) is 46.3. The summed E-state index contributed by atoms with van der Waals surface area (Å²) in [6, 6.07) is 61.0. The highest BCUT2D eigenvalue weighted by atomic mass is 16.5. The number of hydrogen-bond donors (Lipinski definition) is 0. The van der Waals surface area contributed by atoms with E-state index in [1.165, 1.54) is 22.3 Å². The van der Waals surface area contributed by atoms with Crippen molar-refractivity contribution in [1.82, 2.24) is 19.8 Å². The van der Waals surface area contributed by atoms with Crippen molar-refractivity contribution in [1.29, 1.82) is 0 Å². The maximum atomic E-state index is 17.7. The summed E-state index contributed by atoms with van der Waals surface area (Å²) in [6.45, 7) is 2.51. The predicted octanol–water partition coefficient (Wildman–Crippen LogP) is 12.1. The van der Waals surface area contributed by atoms with Crippen molar-refractivity contribution < 1.29 is 23.7 Å². The van der Waals surface area contributed by atoms with Crippen molar-refractivity contribution in [3.8, 4) is 23.3 Å². The SMILES string of the molecule is COc1ccc2c(n1)N(c1ccccc1OC)C(c1ccccc1)C(N1CCc3ccccc3C1)=C2C(=O)C1=C(N2CCc3ccccc3C2)C(c2ccccc2)N(c2ccccc2OC)c2nc(OC)ccc21. The van der Waals surface area contributed by atoms with Gasteiger partial charge in [0.2, 0.25) is 11.8 Å². The van der Waals surface area contributed by atoms with E-state index in [0.717, 1.165) is 46.7 Å². The number of nitrogens with zero attached hydrogens (tertiary/aromatic N) is 6. The highest BCUT2D eigenvalue weighted by Gasteiger charge is 2.48. The molecule has 11 nitrogen and oxygen atoms in total. The molecular weight excluding hydrogens is 921 g/mol. The number of rotatable bonds is 12. The fourth-order valence-corrected chi connectivity index (χ4v) is 11.6. The molecule has 2 aromatic heterocycles. The van der Waals surface area contributed by atoms with E-state index in [4.69, 9.17) is 28.9 Å². The number of carbonyl (C=O) groups is 1. The van der Waals surface area contributed by atoms with Gasteiger partial charge in [-0.2, -0.15) is 9.97 Å². The van der Waals surface area contributed by atoms with Crippen LogP contribution in [-0.4, -0.2) is 67.1 Å². The summed E-state index contributed by atoms with van der Waals surface area (Å²) in [5.41, 5.74) is 12.8. The molecule has 0 amide bonds. The largest absolute Gasteiger partial charge is 0.495 e. The van der Waals surface area contributed by atoms with Crippen LogP contribution in [0, 0.1) is 0 Å². The minimum absolute atomic E-state index is 0.143. The highest BCUT2D eigenvalue weighted by molar-refractivity contribution is 6.45. The fraction of sp³-hybridized carbons (Fsp3) is 0.190. The van der Waals surface area contributed by atoms with Gasteiger partial charge < -0.3 is 38.5 Å². The van der Waals surface area contributed by atoms with E-state index >= 15 is 4.79 Å². The molecule has 0 aliphatic carbocycles. The third-order valence-corrected chi connectivity index (χ3v) is 15.0. The zero-order valence-electron chi connectivity index (χ0n) is 41.9. The number of pyridine rings is 2. The molecule has 4 aliphatic rings. The van der Waals surface area contributed by atoms with Crippen LogP contribution in [0.2, 0.25) is 0 Å². The lowest BCUT2D eigenvalue weighted by atomic mass is 9.79. The normalized spacial score (nSPS) is 17.0. The molecule has 4 aliphatic heterocycles. The van der Waals surface area contributed by atoms with Gasteiger partial charge in [0.25, 0.3) is 0 Å². The van der Waals surface area contributed by atoms with Crippen molar-refractivity contribution in [2.45, 2.75) is 38.0 Å². The number of hydrogen-bond acceptors (Lipinski definition) is 11. The molecule has 6 aromatic carbocycles. The Morgan fingerprint density at radius 1 is 0.432 bits per heavy atom. The van der Waals surface area contributed by atoms with Crippen LogP contribution in [0.1, 0.15) is 56.6 Å². The van der Waals surface area contributed by atoms with Gasteiger partial charge >= 0.3 is 0 Å². The molecule has 0 spiro atoms. The van der Waals surface area contributed by atoms with E-state index in [2.05, 4.69) is 129 Å². The average Bonchev–Trinajstić information content (AvgIpc) is 3.48. The molecule has 368 valence electrons. The van der Waals surface area contributed by atoms with Crippen molar-refractivity contribution in [2.75, 3.05) is 51.3 Å². The smallest absolute Gasteiger partial charge is 0.214 e. The molecule has 11 heteroatoms. The predicted molar refractivity (Wildman–Crippen MR) is 290 cm³/mol. The van der Waals surface area contributed by atoms with Crippen LogP contribution < -0.4 is 28.7 Å². The molecule has 0 saturated heterocycles. The van der Waals surface area contributed by atoms with Gasteiger partial charge in [0.1, 0.15) is 35.2 Å². The van der Waals surface area contributed by atoms with Gasteiger partial charge in [-0.15, -0.1) is 0 Å². The Morgan fingerprint density at radius 2 is 0.811 bits per heavy atom. The standard InChI is InChI=1S/C63H56N6O5/c1-71-51-29-17-15-27-49(51)68-57(43-21-7-5-8-22-43)59(66-37-35-41-19-11-13-25-45(41)39-66)55(47-31-33-53(73-3)64-62(47)68)61(70)56-48-32-34-54(74-4)65-63(48)69(50-28-16-18-30-52(50)72-2)58(44-23-9-6-10-24-44)60(56)67-38-36-42-20-12-14-26-46(42)40-67/h5-34,57-58H,35-40H2,1-4H3.